The first-order chi connectivity index (χ1) is 4.45. The Kier molecular flexibility index (Phi) is 4.43. The Labute approximate surface area is 77.0 Å². The molecule has 8 heteroatoms. The van der Waals surface area contributed by atoms with Gasteiger partial charge in [-0.3, -0.25) is 0 Å². The van der Waals surface area contributed by atoms with Crippen molar-refractivity contribution in [2.45, 2.75) is 5.27 Å². The molecule has 0 radical (unpaired) electrons. The van der Waals surface area contributed by atoms with Crippen molar-refractivity contribution in [3.8, 4) is 0 Å². The molecule has 0 saturated heterocycles. The van der Waals surface area contributed by atoms with Crippen LogP contribution in [0.2, 0.25) is 5.27 Å². The second-order valence-electron chi connectivity index (χ2n) is 3.23. The van der Waals surface area contributed by atoms with E-state index in [1.807, 2.05) is 0 Å². The maximum absolute atomic E-state index is 10.7. The Hall–Kier alpha value is 1.59. The van der Waals surface area contributed by atoms with Crippen molar-refractivity contribution in [2.75, 3.05) is 0 Å². The second-order valence-corrected chi connectivity index (χ2v) is 19.7. The summed E-state index contributed by atoms with van der Waals surface area (Å²) in [7, 11) is -10.7. The Bertz CT molecular complexity index is 130. The van der Waals surface area contributed by atoms with Gasteiger partial charge in [0.2, 0.25) is 0 Å². The molecule has 0 nitrogen and oxygen atoms in total. The first kappa shape index (κ1) is 16.0. The van der Waals surface area contributed by atoms with Crippen molar-refractivity contribution in [3.63, 3.8) is 0 Å². The fourth-order valence-corrected chi connectivity index (χ4v) is 0. The second kappa shape index (κ2) is 3.32. The predicted octanol–water partition coefficient (Wildman–Crippen LogP) is 5.72. The molecule has 0 aliphatic carbocycles. The normalized spacial score (nSPS) is 19.8. The van der Waals surface area contributed by atoms with Gasteiger partial charge in [-0.15, -0.1) is 0 Å². The van der Waals surface area contributed by atoms with Gasteiger partial charge in [-0.2, -0.15) is 0 Å². The standard InChI is InChI=1S/4CH3.Eu.F6P/c;;;;;1-7(2,3,4,5)6/h4*1H3;;/q;;;;;-1. The number of halogens is 6. The predicted molar refractivity (Wildman–Crippen MR) is 37.0 cm³/mol. The maximum atomic E-state index is 9.87. The van der Waals surface area contributed by atoms with Gasteiger partial charge in [0, 0.05) is 0 Å². The van der Waals surface area contributed by atoms with E-state index in [0.717, 1.165) is 0 Å². The molecule has 0 aliphatic rings. The number of hydrogen-bond donors (Lipinski definition) is 0. The zero-order valence-electron chi connectivity index (χ0n) is 7.09. The summed E-state index contributed by atoms with van der Waals surface area (Å²) in [6, 6.07) is 0. The van der Waals surface area contributed by atoms with Crippen LogP contribution in [-0.2, 0) is 0 Å². The van der Waals surface area contributed by atoms with Crippen LogP contribution < -0.4 is 0 Å². The van der Waals surface area contributed by atoms with Crippen molar-refractivity contribution in [1.82, 2.24) is 0 Å². The minimum absolute atomic E-state index is 1.11. The van der Waals surface area contributed by atoms with E-state index in [9.17, 15) is 25.2 Å². The van der Waals surface area contributed by atoms with Gasteiger partial charge in [0.25, 0.3) is 0 Å². The Morgan fingerprint density at radius 1 is 0.667 bits per heavy atom. The van der Waals surface area contributed by atoms with Gasteiger partial charge in [-0.05, 0) is 0 Å². The first-order valence-electron chi connectivity index (χ1n) is 2.53. The van der Waals surface area contributed by atoms with Crippen LogP contribution in [0.15, 0.2) is 0 Å². The third-order valence-electron chi connectivity index (χ3n) is 0. The molecule has 0 aromatic heterocycles. The zero-order chi connectivity index (χ0) is 10.9. The Balaban J connectivity index is 0. The van der Waals surface area contributed by atoms with Crippen molar-refractivity contribution in [2.24, 2.45) is 0 Å². The zero-order valence-corrected chi connectivity index (χ0v) is 10.4. The molecule has 0 spiro atoms. The third kappa shape index (κ3) is 512. The van der Waals surface area contributed by atoms with E-state index in [2.05, 4.69) is 5.27 Å². The minimum atomic E-state index is -10.7. The molecule has 0 rings (SSSR count). The molecule has 0 amide bonds. The molecule has 0 unspecified atom stereocenters. The van der Waals surface area contributed by atoms with E-state index in [1.165, 1.54) is 0 Å². The SMILES string of the molecule is F[P-](F)(F)(F)(F)F.[CH3][Eu]([CH3])([CH3])[CH3]. The molecule has 0 N–H and O–H groups in total. The Morgan fingerprint density at radius 3 is 0.667 bits per heavy atom. The molecule has 12 heavy (non-hydrogen) atoms. The fourth-order valence-electron chi connectivity index (χ4n) is 0. The van der Waals surface area contributed by atoms with E-state index in [0.29, 0.717) is 0 Å². The van der Waals surface area contributed by atoms with E-state index in [1.54, 1.807) is 0 Å². The molecule has 0 aromatic rings. The monoisotopic (exact) mass is 358 g/mol. The van der Waals surface area contributed by atoms with Crippen molar-refractivity contribution in [1.29, 1.82) is 0 Å². The molecule has 0 fully saturated rings. The van der Waals surface area contributed by atoms with Crippen LogP contribution >= 0.6 is 7.81 Å². The van der Waals surface area contributed by atoms with Crippen LogP contribution in [0, 0.1) is 39.9 Å². The molecular weight excluding hydrogens is 345 g/mol. The van der Waals surface area contributed by atoms with Gasteiger partial charge in [0.15, 0.2) is 0 Å². The number of hydrogen-bond acceptors (Lipinski definition) is 0. The van der Waals surface area contributed by atoms with Gasteiger partial charge >= 0.3 is 78.2 Å². The van der Waals surface area contributed by atoms with E-state index in [-0.39, 0.29) is 0 Å². The third-order valence-corrected chi connectivity index (χ3v) is 0. The van der Waals surface area contributed by atoms with Gasteiger partial charge in [0.05, 0.1) is 0 Å². The van der Waals surface area contributed by atoms with E-state index in [4.69, 9.17) is 0 Å². The van der Waals surface area contributed by atoms with Crippen LogP contribution in [0.1, 0.15) is 0 Å². The molecular formula is C4H12EuF6P-. The summed E-state index contributed by atoms with van der Waals surface area (Å²) in [5, 5.41) is 0. The number of rotatable bonds is 0. The topological polar surface area (TPSA) is 0 Å². The molecule has 0 aromatic carbocycles. The van der Waals surface area contributed by atoms with Crippen LogP contribution in [0.3, 0.4) is 0 Å². The van der Waals surface area contributed by atoms with Crippen LogP contribution in [0.5, 0.6) is 0 Å². The van der Waals surface area contributed by atoms with Crippen molar-refractivity contribution in [3.05, 3.63) is 0 Å². The van der Waals surface area contributed by atoms with Gasteiger partial charge in [-0.1, -0.05) is 0 Å². The molecule has 0 bridgehead atoms. The molecule has 0 aliphatic heterocycles. The van der Waals surface area contributed by atoms with Crippen LogP contribution in [0.4, 0.5) is 25.2 Å². The molecule has 0 saturated carbocycles. The summed E-state index contributed by atoms with van der Waals surface area (Å²) in [6.45, 7) is 0. The van der Waals surface area contributed by atoms with Gasteiger partial charge < -0.3 is 0 Å². The molecule has 83 valence electrons. The van der Waals surface area contributed by atoms with E-state index < -0.39 is 47.7 Å². The molecule has 0 atom stereocenters. The quantitative estimate of drug-likeness (QED) is 0.384. The van der Waals surface area contributed by atoms with Gasteiger partial charge in [0.1, 0.15) is 0 Å². The van der Waals surface area contributed by atoms with Crippen LogP contribution in [-0.4, -0.2) is 0 Å². The summed E-state index contributed by atoms with van der Waals surface area (Å²) in [5.74, 6) is 0. The average Bonchev–Trinajstić information content (AvgIpc) is 1.04. The van der Waals surface area contributed by atoms with Crippen LogP contribution in [0.25, 0.3) is 0 Å². The summed E-state index contributed by atoms with van der Waals surface area (Å²) in [5.41, 5.74) is 0. The van der Waals surface area contributed by atoms with E-state index >= 15 is 0 Å². The summed E-state index contributed by atoms with van der Waals surface area (Å²) < 4.78 is 68.7. The average molecular weight is 357 g/mol. The fraction of sp³-hybridized carbons (Fsp3) is 1.00. The summed E-state index contributed by atoms with van der Waals surface area (Å²) >= 11 is -1.11. The van der Waals surface area contributed by atoms with Gasteiger partial charge in [-0.25, -0.2) is 0 Å². The summed E-state index contributed by atoms with van der Waals surface area (Å²) in [6.07, 6.45) is 0. The molecule has 0 heterocycles. The van der Waals surface area contributed by atoms with Crippen molar-refractivity contribution >= 4 is 7.81 Å². The summed E-state index contributed by atoms with van der Waals surface area (Å²) in [4.78, 5) is 0. The Morgan fingerprint density at radius 2 is 0.667 bits per heavy atom. The first-order valence-corrected chi connectivity index (χ1v) is 14.3. The van der Waals surface area contributed by atoms with Crippen molar-refractivity contribution < 1.29 is 65.1 Å².